The van der Waals surface area contributed by atoms with E-state index in [4.69, 9.17) is 27.9 Å². The van der Waals surface area contributed by atoms with E-state index in [1.54, 1.807) is 31.2 Å². The summed E-state index contributed by atoms with van der Waals surface area (Å²) in [5, 5.41) is 5.78. The lowest BCUT2D eigenvalue weighted by atomic mass is 10.2. The van der Waals surface area contributed by atoms with Gasteiger partial charge in [-0.3, -0.25) is 4.79 Å². The smallest absolute Gasteiger partial charge is 0.280 e. The molecule has 2 aromatic carbocycles. The van der Waals surface area contributed by atoms with E-state index in [1.165, 1.54) is 6.21 Å². The molecule has 1 atom stereocenters. The predicted molar refractivity (Wildman–Crippen MR) is 104 cm³/mol. The number of para-hydroxylation sites is 1. The first-order chi connectivity index (χ1) is 12.5. The van der Waals surface area contributed by atoms with Crippen LogP contribution in [-0.2, 0) is 4.79 Å². The SMILES string of the molecule is C[C@@H](Oc1ccc(Cl)cc1)C(=O)N/N=C\c1cc2ccccc2nc1Cl. The van der Waals surface area contributed by atoms with Gasteiger partial charge in [-0.1, -0.05) is 41.4 Å². The van der Waals surface area contributed by atoms with Crippen molar-refractivity contribution in [1.29, 1.82) is 0 Å². The Labute approximate surface area is 160 Å². The average molecular weight is 388 g/mol. The molecule has 5 nitrogen and oxygen atoms in total. The van der Waals surface area contributed by atoms with Gasteiger partial charge >= 0.3 is 0 Å². The maximum Gasteiger partial charge on any atom is 0.280 e. The van der Waals surface area contributed by atoms with Crippen molar-refractivity contribution in [3.8, 4) is 5.75 Å². The highest BCUT2D eigenvalue weighted by Gasteiger charge is 2.14. The first-order valence-corrected chi connectivity index (χ1v) is 8.59. The summed E-state index contributed by atoms with van der Waals surface area (Å²) < 4.78 is 5.53. The first kappa shape index (κ1) is 18.2. The predicted octanol–water partition coefficient (Wildman–Crippen LogP) is 4.46. The van der Waals surface area contributed by atoms with Gasteiger partial charge in [-0.05, 0) is 43.3 Å². The lowest BCUT2D eigenvalue weighted by molar-refractivity contribution is -0.127. The Morgan fingerprint density at radius 3 is 2.69 bits per heavy atom. The largest absolute Gasteiger partial charge is 0.481 e. The highest BCUT2D eigenvalue weighted by atomic mass is 35.5. The molecule has 7 heteroatoms. The van der Waals surface area contributed by atoms with Gasteiger partial charge in [-0.25, -0.2) is 10.4 Å². The van der Waals surface area contributed by atoms with Gasteiger partial charge in [0.1, 0.15) is 10.9 Å². The molecule has 1 aromatic heterocycles. The number of pyridine rings is 1. The van der Waals surface area contributed by atoms with Crippen LogP contribution in [0.15, 0.2) is 59.7 Å². The topological polar surface area (TPSA) is 63.6 Å². The molecule has 3 aromatic rings. The fourth-order valence-corrected chi connectivity index (χ4v) is 2.55. The Kier molecular flexibility index (Phi) is 5.71. The Bertz CT molecular complexity index is 959. The van der Waals surface area contributed by atoms with Crippen molar-refractivity contribution in [2.75, 3.05) is 0 Å². The summed E-state index contributed by atoms with van der Waals surface area (Å²) in [7, 11) is 0. The van der Waals surface area contributed by atoms with E-state index < -0.39 is 6.10 Å². The highest BCUT2D eigenvalue weighted by molar-refractivity contribution is 6.32. The number of nitrogens with one attached hydrogen (secondary N) is 1. The van der Waals surface area contributed by atoms with Crippen LogP contribution in [0.2, 0.25) is 10.2 Å². The van der Waals surface area contributed by atoms with Gasteiger partial charge in [0, 0.05) is 16.0 Å². The summed E-state index contributed by atoms with van der Waals surface area (Å²) in [4.78, 5) is 16.4. The van der Waals surface area contributed by atoms with Gasteiger partial charge in [0.05, 0.1) is 11.7 Å². The molecule has 0 spiro atoms. The van der Waals surface area contributed by atoms with Crippen molar-refractivity contribution in [2.45, 2.75) is 13.0 Å². The minimum absolute atomic E-state index is 0.312. The number of nitrogens with zero attached hydrogens (tertiary/aromatic N) is 2. The normalized spacial score (nSPS) is 12.3. The molecule has 1 heterocycles. The van der Waals surface area contributed by atoms with E-state index in [2.05, 4.69) is 15.5 Å². The summed E-state index contributed by atoms with van der Waals surface area (Å²) in [6.07, 6.45) is 0.729. The van der Waals surface area contributed by atoms with Gasteiger partial charge in [0.15, 0.2) is 6.10 Å². The van der Waals surface area contributed by atoms with Crippen molar-refractivity contribution in [2.24, 2.45) is 5.10 Å². The number of carbonyl (C=O) groups is 1. The second kappa shape index (κ2) is 8.17. The first-order valence-electron chi connectivity index (χ1n) is 7.83. The molecule has 1 N–H and O–H groups in total. The molecule has 1 amide bonds. The van der Waals surface area contributed by atoms with E-state index in [9.17, 15) is 4.79 Å². The van der Waals surface area contributed by atoms with Gasteiger partial charge in [0.25, 0.3) is 5.91 Å². The third-order valence-electron chi connectivity index (χ3n) is 3.58. The molecule has 0 saturated heterocycles. The van der Waals surface area contributed by atoms with Crippen molar-refractivity contribution in [3.05, 3.63) is 70.3 Å². The highest BCUT2D eigenvalue weighted by Crippen LogP contribution is 2.19. The number of aromatic nitrogens is 1. The van der Waals surface area contributed by atoms with Crippen LogP contribution in [0.25, 0.3) is 10.9 Å². The zero-order chi connectivity index (χ0) is 18.5. The minimum atomic E-state index is -0.724. The number of benzene rings is 2. The lowest BCUT2D eigenvalue weighted by Gasteiger charge is -2.12. The monoisotopic (exact) mass is 387 g/mol. The summed E-state index contributed by atoms with van der Waals surface area (Å²) in [6.45, 7) is 1.63. The number of hydrogen-bond acceptors (Lipinski definition) is 4. The molecule has 0 saturated carbocycles. The molecule has 0 bridgehead atoms. The molecule has 0 aliphatic carbocycles. The number of amides is 1. The number of hydrogen-bond donors (Lipinski definition) is 1. The lowest BCUT2D eigenvalue weighted by Crippen LogP contribution is -2.33. The van der Waals surface area contributed by atoms with Crippen LogP contribution in [0.1, 0.15) is 12.5 Å². The zero-order valence-corrected chi connectivity index (χ0v) is 15.3. The van der Waals surface area contributed by atoms with Crippen LogP contribution in [0.3, 0.4) is 0 Å². The molecule has 0 aliphatic rings. The van der Waals surface area contributed by atoms with Gasteiger partial charge in [-0.15, -0.1) is 0 Å². The molecule has 3 rings (SSSR count). The van der Waals surface area contributed by atoms with E-state index in [0.717, 1.165) is 10.9 Å². The van der Waals surface area contributed by atoms with Crippen molar-refractivity contribution >= 4 is 46.2 Å². The fraction of sp³-hybridized carbons (Fsp3) is 0.105. The molecule has 0 radical (unpaired) electrons. The zero-order valence-electron chi connectivity index (χ0n) is 13.8. The average Bonchev–Trinajstić information content (AvgIpc) is 2.63. The standard InChI is InChI=1S/C19H15Cl2N3O2/c1-12(26-16-8-6-15(20)7-9-16)19(25)24-22-11-14-10-13-4-2-3-5-17(13)23-18(14)21/h2-12H,1H3,(H,24,25)/b22-11-/t12-/m1/s1. The van der Waals surface area contributed by atoms with E-state index in [0.29, 0.717) is 21.5 Å². The molecule has 0 fully saturated rings. The number of fused-ring (bicyclic) bond motifs is 1. The number of hydrazone groups is 1. The number of ether oxygens (including phenoxy) is 1. The van der Waals surface area contributed by atoms with E-state index >= 15 is 0 Å². The molecule has 132 valence electrons. The Hall–Kier alpha value is -2.63. The molecular formula is C19H15Cl2N3O2. The van der Waals surface area contributed by atoms with Crippen molar-refractivity contribution in [3.63, 3.8) is 0 Å². The maximum atomic E-state index is 12.1. The Morgan fingerprint density at radius 2 is 1.92 bits per heavy atom. The van der Waals surface area contributed by atoms with Crippen molar-refractivity contribution < 1.29 is 9.53 Å². The van der Waals surface area contributed by atoms with E-state index in [-0.39, 0.29) is 5.91 Å². The summed E-state index contributed by atoms with van der Waals surface area (Å²) in [5.41, 5.74) is 3.83. The third-order valence-corrected chi connectivity index (χ3v) is 4.13. The molecule has 0 aliphatic heterocycles. The number of carbonyl (C=O) groups excluding carboxylic acids is 1. The number of rotatable bonds is 5. The second-order valence-corrected chi connectivity index (χ2v) is 6.30. The number of halogens is 2. The minimum Gasteiger partial charge on any atom is -0.481 e. The van der Waals surface area contributed by atoms with Gasteiger partial charge in [-0.2, -0.15) is 5.10 Å². The Morgan fingerprint density at radius 1 is 1.19 bits per heavy atom. The van der Waals surface area contributed by atoms with Crippen LogP contribution in [0.5, 0.6) is 5.75 Å². The molecular weight excluding hydrogens is 373 g/mol. The van der Waals surface area contributed by atoms with Crippen LogP contribution in [0.4, 0.5) is 0 Å². The van der Waals surface area contributed by atoms with E-state index in [1.807, 2.05) is 30.3 Å². The van der Waals surface area contributed by atoms with Crippen LogP contribution in [-0.4, -0.2) is 23.2 Å². The quantitative estimate of drug-likeness (QED) is 0.399. The van der Waals surface area contributed by atoms with Crippen LogP contribution < -0.4 is 10.2 Å². The van der Waals surface area contributed by atoms with Gasteiger partial charge < -0.3 is 4.74 Å². The second-order valence-electron chi connectivity index (χ2n) is 5.51. The molecule has 0 unspecified atom stereocenters. The fourth-order valence-electron chi connectivity index (χ4n) is 2.23. The van der Waals surface area contributed by atoms with Gasteiger partial charge in [0.2, 0.25) is 0 Å². The Balaban J connectivity index is 1.63. The summed E-state index contributed by atoms with van der Waals surface area (Å²) in [6, 6.07) is 16.2. The summed E-state index contributed by atoms with van der Waals surface area (Å²) >= 11 is 12.0. The third kappa shape index (κ3) is 4.50. The van der Waals surface area contributed by atoms with Crippen LogP contribution >= 0.6 is 23.2 Å². The molecule has 26 heavy (non-hydrogen) atoms. The maximum absolute atomic E-state index is 12.1. The van der Waals surface area contributed by atoms with Crippen molar-refractivity contribution in [1.82, 2.24) is 10.4 Å². The summed E-state index contributed by atoms with van der Waals surface area (Å²) in [5.74, 6) is 0.156. The van der Waals surface area contributed by atoms with Crippen LogP contribution in [0, 0.1) is 0 Å².